The topological polar surface area (TPSA) is 99.0 Å². The highest BCUT2D eigenvalue weighted by atomic mass is 16.6. The van der Waals surface area contributed by atoms with Crippen LogP contribution in [0.3, 0.4) is 0 Å². The quantitative estimate of drug-likeness (QED) is 0.749. The van der Waals surface area contributed by atoms with Gasteiger partial charge in [0.25, 0.3) is 5.56 Å². The van der Waals surface area contributed by atoms with Gasteiger partial charge in [0.1, 0.15) is 17.9 Å². The maximum absolute atomic E-state index is 12.6. The second kappa shape index (κ2) is 7.99. The van der Waals surface area contributed by atoms with Crippen LogP contribution in [0, 0.1) is 0 Å². The lowest BCUT2D eigenvalue weighted by Gasteiger charge is -2.26. The predicted octanol–water partition coefficient (Wildman–Crippen LogP) is 2.37. The first-order chi connectivity index (χ1) is 13.7. The molecule has 1 N–H and O–H groups in total. The van der Waals surface area contributed by atoms with E-state index >= 15 is 0 Å². The smallest absolute Gasteiger partial charge is 0.410 e. The number of carbonyl (C=O) groups is 1. The minimum Gasteiger partial charge on any atom is -0.410 e. The number of ether oxygens (including phenoxy) is 1. The van der Waals surface area contributed by atoms with Crippen molar-refractivity contribution in [2.45, 2.75) is 25.3 Å². The third kappa shape index (κ3) is 3.90. The molecule has 0 spiro atoms. The van der Waals surface area contributed by atoms with Gasteiger partial charge in [-0.1, -0.05) is 18.2 Å². The molecule has 142 valence electrons. The fourth-order valence-corrected chi connectivity index (χ4v) is 3.29. The molecule has 0 radical (unpaired) electrons. The summed E-state index contributed by atoms with van der Waals surface area (Å²) in [6.07, 6.45) is 4.18. The van der Waals surface area contributed by atoms with Crippen LogP contribution in [0.15, 0.2) is 59.8 Å². The fraction of sp³-hybridized carbons (Fsp3) is 0.250. The third-order valence-corrected chi connectivity index (χ3v) is 4.63. The minimum absolute atomic E-state index is 0.0773. The Hall–Kier alpha value is -3.55. The van der Waals surface area contributed by atoms with Gasteiger partial charge in [-0.2, -0.15) is 0 Å². The number of nitrogens with one attached hydrogen (secondary N) is 1. The van der Waals surface area contributed by atoms with E-state index < -0.39 is 6.09 Å². The van der Waals surface area contributed by atoms with Crippen LogP contribution in [0.2, 0.25) is 0 Å². The van der Waals surface area contributed by atoms with Gasteiger partial charge in [-0.25, -0.2) is 19.7 Å². The van der Waals surface area contributed by atoms with Crippen LogP contribution >= 0.6 is 0 Å². The number of hydrogen-bond donors (Lipinski definition) is 1. The molecule has 0 fully saturated rings. The molecular weight excluding hydrogens is 358 g/mol. The zero-order valence-corrected chi connectivity index (χ0v) is 15.1. The van der Waals surface area contributed by atoms with E-state index in [9.17, 15) is 9.59 Å². The minimum atomic E-state index is -0.530. The number of rotatable bonds is 4. The first-order valence-corrected chi connectivity index (χ1v) is 9.09. The zero-order chi connectivity index (χ0) is 19.3. The molecule has 1 aromatic carbocycles. The number of hydrogen-bond acceptors (Lipinski definition) is 6. The molecule has 3 heterocycles. The van der Waals surface area contributed by atoms with Crippen molar-refractivity contribution in [2.75, 3.05) is 6.54 Å². The van der Waals surface area contributed by atoms with Gasteiger partial charge in [0.15, 0.2) is 0 Å². The molecule has 4 rings (SSSR count). The molecule has 3 aromatic rings. The van der Waals surface area contributed by atoms with Gasteiger partial charge < -0.3 is 10.1 Å². The summed E-state index contributed by atoms with van der Waals surface area (Å²) in [6, 6.07) is 12.1. The Labute approximate surface area is 161 Å². The number of carbonyl (C=O) groups excluding carboxylic acids is 1. The molecule has 8 nitrogen and oxygen atoms in total. The fourth-order valence-electron chi connectivity index (χ4n) is 3.29. The van der Waals surface area contributed by atoms with E-state index in [4.69, 9.17) is 4.74 Å². The second-order valence-corrected chi connectivity index (χ2v) is 6.51. The Morgan fingerprint density at radius 1 is 1.21 bits per heavy atom. The lowest BCUT2D eigenvalue weighted by molar-refractivity contribution is 0.199. The summed E-state index contributed by atoms with van der Waals surface area (Å²) in [4.78, 5) is 37.4. The van der Waals surface area contributed by atoms with E-state index in [1.54, 1.807) is 41.1 Å². The van der Waals surface area contributed by atoms with E-state index in [1.807, 2.05) is 6.07 Å². The van der Waals surface area contributed by atoms with Gasteiger partial charge in [0.2, 0.25) is 0 Å². The van der Waals surface area contributed by atoms with E-state index in [2.05, 4.69) is 20.3 Å². The monoisotopic (exact) mass is 377 g/mol. The van der Waals surface area contributed by atoms with Crippen LogP contribution in [0.25, 0.3) is 11.4 Å². The number of para-hydroxylation sites is 1. The molecule has 0 bridgehead atoms. The van der Waals surface area contributed by atoms with Gasteiger partial charge in [-0.05, 0) is 31.0 Å². The van der Waals surface area contributed by atoms with Crippen molar-refractivity contribution in [1.29, 1.82) is 0 Å². The molecule has 0 saturated heterocycles. The average molecular weight is 377 g/mol. The Balaban J connectivity index is 1.52. The van der Waals surface area contributed by atoms with E-state index in [-0.39, 0.29) is 11.5 Å². The Morgan fingerprint density at radius 3 is 2.86 bits per heavy atom. The van der Waals surface area contributed by atoms with Crippen LogP contribution in [-0.4, -0.2) is 32.2 Å². The molecular formula is C20H19N5O3. The van der Waals surface area contributed by atoms with Crippen molar-refractivity contribution < 1.29 is 9.53 Å². The summed E-state index contributed by atoms with van der Waals surface area (Å²) < 4.78 is 6.92. The highest BCUT2D eigenvalue weighted by Crippen LogP contribution is 2.25. The lowest BCUT2D eigenvalue weighted by atomic mass is 9.98. The predicted molar refractivity (Wildman–Crippen MR) is 102 cm³/mol. The zero-order valence-electron chi connectivity index (χ0n) is 15.1. The summed E-state index contributed by atoms with van der Waals surface area (Å²) in [6.45, 7) is 0.960. The maximum atomic E-state index is 12.6. The first kappa shape index (κ1) is 17.8. The largest absolute Gasteiger partial charge is 0.412 e. The molecule has 28 heavy (non-hydrogen) atoms. The molecule has 1 amide bonds. The van der Waals surface area contributed by atoms with Crippen LogP contribution in [-0.2, 0) is 6.54 Å². The van der Waals surface area contributed by atoms with Crippen molar-refractivity contribution in [3.63, 3.8) is 0 Å². The summed E-state index contributed by atoms with van der Waals surface area (Å²) in [5, 5.41) is 2.78. The molecule has 0 aliphatic carbocycles. The summed E-state index contributed by atoms with van der Waals surface area (Å²) in [5.74, 6) is 1.06. The number of amides is 1. The van der Waals surface area contributed by atoms with Crippen LogP contribution < -0.4 is 15.6 Å². The van der Waals surface area contributed by atoms with E-state index in [0.717, 1.165) is 12.8 Å². The highest BCUT2D eigenvalue weighted by molar-refractivity contribution is 5.70. The Kier molecular flexibility index (Phi) is 5.09. The summed E-state index contributed by atoms with van der Waals surface area (Å²) in [5.41, 5.74) is 0.990. The molecule has 1 atom stereocenters. The average Bonchev–Trinajstić information content (AvgIpc) is 2.73. The van der Waals surface area contributed by atoms with Gasteiger partial charge in [0.05, 0.1) is 11.4 Å². The normalized spacial score (nSPS) is 15.5. The van der Waals surface area contributed by atoms with Crippen molar-refractivity contribution >= 4 is 6.09 Å². The molecule has 1 aliphatic heterocycles. The van der Waals surface area contributed by atoms with Gasteiger partial charge in [-0.15, -0.1) is 0 Å². The molecule has 2 aromatic heterocycles. The summed E-state index contributed by atoms with van der Waals surface area (Å²) in [7, 11) is 0. The molecule has 1 aliphatic rings. The van der Waals surface area contributed by atoms with Crippen molar-refractivity contribution in [3.8, 4) is 17.1 Å². The Morgan fingerprint density at radius 2 is 2.07 bits per heavy atom. The number of benzene rings is 1. The second-order valence-electron chi connectivity index (χ2n) is 6.51. The Bertz CT molecular complexity index is 1020. The van der Waals surface area contributed by atoms with Crippen molar-refractivity contribution in [2.24, 2.45) is 0 Å². The summed E-state index contributed by atoms with van der Waals surface area (Å²) >= 11 is 0. The standard InChI is InChI=1S/C20H19N5O3/c26-18-11-17(16-8-9-21-13-23-16)24-19-14(5-4-10-25(18)19)12-22-20(27)28-15-6-2-1-3-7-15/h1-3,6-9,11,13-14H,4-5,10,12H2,(H,22,27). The van der Waals surface area contributed by atoms with Crippen LogP contribution in [0.4, 0.5) is 4.79 Å². The van der Waals surface area contributed by atoms with E-state index in [1.165, 1.54) is 12.4 Å². The van der Waals surface area contributed by atoms with Gasteiger partial charge in [0, 0.05) is 31.3 Å². The number of aromatic nitrogens is 4. The number of nitrogens with zero attached hydrogens (tertiary/aromatic N) is 4. The van der Waals surface area contributed by atoms with E-state index in [0.29, 0.717) is 36.1 Å². The van der Waals surface area contributed by atoms with Crippen LogP contribution in [0.5, 0.6) is 5.75 Å². The molecule has 8 heteroatoms. The highest BCUT2D eigenvalue weighted by Gasteiger charge is 2.24. The van der Waals surface area contributed by atoms with Crippen molar-refractivity contribution in [3.05, 3.63) is 71.2 Å². The third-order valence-electron chi connectivity index (χ3n) is 4.63. The van der Waals surface area contributed by atoms with Crippen molar-refractivity contribution in [1.82, 2.24) is 24.8 Å². The lowest BCUT2D eigenvalue weighted by Crippen LogP contribution is -2.37. The number of fused-ring (bicyclic) bond motifs is 1. The van der Waals surface area contributed by atoms with Gasteiger partial charge >= 0.3 is 6.09 Å². The SMILES string of the molecule is O=C(NCC1CCCn2c1nc(-c1ccncn1)cc2=O)Oc1ccccc1. The maximum Gasteiger partial charge on any atom is 0.412 e. The van der Waals surface area contributed by atoms with Gasteiger partial charge in [-0.3, -0.25) is 9.36 Å². The van der Waals surface area contributed by atoms with Crippen LogP contribution in [0.1, 0.15) is 24.6 Å². The molecule has 0 saturated carbocycles. The molecule has 1 unspecified atom stereocenters. The first-order valence-electron chi connectivity index (χ1n) is 9.09.